The van der Waals surface area contributed by atoms with Gasteiger partial charge in [0.2, 0.25) is 0 Å². The molecule has 0 aliphatic carbocycles. The Morgan fingerprint density at radius 3 is 2.09 bits per heavy atom. The number of benzene rings is 1. The monoisotopic (exact) mass is 303 g/mol. The van der Waals surface area contributed by atoms with Crippen molar-refractivity contribution in [2.24, 2.45) is 11.3 Å². The summed E-state index contributed by atoms with van der Waals surface area (Å²) in [5.74, 6) is 0.0856. The summed E-state index contributed by atoms with van der Waals surface area (Å²) in [5, 5.41) is 3.02. The SMILES string of the molecule is C=C[C@H]([C@@H](NC(=O)OC(C)(C)C)c1ccccc1)C(C)(C)C. The Balaban J connectivity index is 3.07. The molecule has 1 rings (SSSR count). The summed E-state index contributed by atoms with van der Waals surface area (Å²) in [6.45, 7) is 16.0. The maximum atomic E-state index is 12.2. The number of carbonyl (C=O) groups is 1. The van der Waals surface area contributed by atoms with E-state index in [2.05, 4.69) is 32.7 Å². The predicted molar refractivity (Wildman–Crippen MR) is 91.7 cm³/mol. The molecule has 0 saturated heterocycles. The van der Waals surface area contributed by atoms with Gasteiger partial charge < -0.3 is 10.1 Å². The zero-order chi connectivity index (χ0) is 17.0. The van der Waals surface area contributed by atoms with Crippen molar-refractivity contribution < 1.29 is 9.53 Å². The molecule has 3 nitrogen and oxygen atoms in total. The average Bonchev–Trinajstić information content (AvgIpc) is 2.35. The van der Waals surface area contributed by atoms with E-state index < -0.39 is 11.7 Å². The fourth-order valence-corrected chi connectivity index (χ4v) is 2.46. The third-order valence-electron chi connectivity index (χ3n) is 3.44. The first-order chi connectivity index (χ1) is 10.0. The Bertz CT molecular complexity index is 494. The molecule has 1 aromatic carbocycles. The van der Waals surface area contributed by atoms with Gasteiger partial charge in [-0.15, -0.1) is 6.58 Å². The lowest BCUT2D eigenvalue weighted by Gasteiger charge is -2.36. The summed E-state index contributed by atoms with van der Waals surface area (Å²) >= 11 is 0. The molecule has 122 valence electrons. The molecule has 2 atom stereocenters. The number of alkyl carbamates (subject to hydrolysis) is 1. The van der Waals surface area contributed by atoms with Crippen molar-refractivity contribution in [2.45, 2.75) is 53.2 Å². The lowest BCUT2D eigenvalue weighted by Crippen LogP contribution is -2.40. The van der Waals surface area contributed by atoms with Crippen LogP contribution in [-0.2, 0) is 4.74 Å². The first kappa shape index (κ1) is 18.3. The minimum absolute atomic E-state index is 0.0305. The van der Waals surface area contributed by atoms with Crippen molar-refractivity contribution in [3.05, 3.63) is 48.6 Å². The van der Waals surface area contributed by atoms with Crippen molar-refractivity contribution in [1.29, 1.82) is 0 Å². The van der Waals surface area contributed by atoms with Gasteiger partial charge in [0.25, 0.3) is 0 Å². The van der Waals surface area contributed by atoms with Crippen LogP contribution in [0.15, 0.2) is 43.0 Å². The van der Waals surface area contributed by atoms with E-state index in [-0.39, 0.29) is 17.4 Å². The first-order valence-electron chi connectivity index (χ1n) is 7.71. The van der Waals surface area contributed by atoms with E-state index >= 15 is 0 Å². The molecular weight excluding hydrogens is 274 g/mol. The summed E-state index contributed by atoms with van der Waals surface area (Å²) in [5.41, 5.74) is 0.502. The van der Waals surface area contributed by atoms with Gasteiger partial charge in [-0.3, -0.25) is 0 Å². The van der Waals surface area contributed by atoms with E-state index in [4.69, 9.17) is 4.74 Å². The van der Waals surface area contributed by atoms with Crippen LogP contribution in [0.25, 0.3) is 0 Å². The number of carbonyl (C=O) groups excluding carboxylic acids is 1. The van der Waals surface area contributed by atoms with Crippen LogP contribution in [0.5, 0.6) is 0 Å². The lowest BCUT2D eigenvalue weighted by atomic mass is 9.74. The van der Waals surface area contributed by atoms with Crippen LogP contribution in [0.4, 0.5) is 4.79 Å². The molecule has 22 heavy (non-hydrogen) atoms. The van der Waals surface area contributed by atoms with E-state index in [9.17, 15) is 4.79 Å². The molecule has 0 aromatic heterocycles. The van der Waals surface area contributed by atoms with Crippen LogP contribution in [-0.4, -0.2) is 11.7 Å². The summed E-state index contributed by atoms with van der Waals surface area (Å²) in [7, 11) is 0. The number of ether oxygens (including phenoxy) is 1. The number of rotatable bonds is 4. The summed E-state index contributed by atoms with van der Waals surface area (Å²) < 4.78 is 5.41. The minimum Gasteiger partial charge on any atom is -0.444 e. The highest BCUT2D eigenvalue weighted by atomic mass is 16.6. The largest absolute Gasteiger partial charge is 0.444 e. The zero-order valence-electron chi connectivity index (χ0n) is 14.6. The third-order valence-corrected chi connectivity index (χ3v) is 3.44. The topological polar surface area (TPSA) is 38.3 Å². The molecule has 1 amide bonds. The van der Waals surface area contributed by atoms with Gasteiger partial charge in [-0.1, -0.05) is 57.2 Å². The van der Waals surface area contributed by atoms with E-state index in [1.807, 2.05) is 57.2 Å². The molecule has 3 heteroatoms. The highest BCUT2D eigenvalue weighted by Gasteiger charge is 2.33. The van der Waals surface area contributed by atoms with Gasteiger partial charge in [0.05, 0.1) is 6.04 Å². The molecule has 0 aliphatic rings. The van der Waals surface area contributed by atoms with Crippen LogP contribution in [0.3, 0.4) is 0 Å². The fraction of sp³-hybridized carbons (Fsp3) is 0.526. The second-order valence-corrected chi connectivity index (χ2v) is 7.66. The van der Waals surface area contributed by atoms with Gasteiger partial charge in [0.1, 0.15) is 5.60 Å². The predicted octanol–water partition coefficient (Wildman–Crippen LogP) is 5.10. The van der Waals surface area contributed by atoms with Crippen LogP contribution in [0.1, 0.15) is 53.1 Å². The summed E-state index contributed by atoms with van der Waals surface area (Å²) in [6.07, 6.45) is 1.51. The smallest absolute Gasteiger partial charge is 0.408 e. The van der Waals surface area contributed by atoms with Gasteiger partial charge in [0, 0.05) is 5.92 Å². The molecule has 0 heterocycles. The van der Waals surface area contributed by atoms with E-state index in [0.717, 1.165) is 5.56 Å². The van der Waals surface area contributed by atoms with Crippen molar-refractivity contribution in [3.8, 4) is 0 Å². The van der Waals surface area contributed by atoms with Crippen LogP contribution in [0, 0.1) is 11.3 Å². The molecule has 0 aliphatic heterocycles. The van der Waals surface area contributed by atoms with Crippen molar-refractivity contribution >= 4 is 6.09 Å². The molecular formula is C19H29NO2. The zero-order valence-corrected chi connectivity index (χ0v) is 14.6. The standard InChI is InChI=1S/C19H29NO2/c1-8-15(18(2,3)4)16(14-12-10-9-11-13-14)20-17(21)22-19(5,6)7/h8-13,15-16H,1H2,2-7H3,(H,20,21)/t15-,16+/m1/s1. The van der Waals surface area contributed by atoms with Crippen LogP contribution < -0.4 is 5.32 Å². The maximum absolute atomic E-state index is 12.2. The van der Waals surface area contributed by atoms with Crippen molar-refractivity contribution in [2.75, 3.05) is 0 Å². The number of hydrogen-bond acceptors (Lipinski definition) is 2. The first-order valence-corrected chi connectivity index (χ1v) is 7.71. The number of nitrogens with one attached hydrogen (secondary N) is 1. The second-order valence-electron chi connectivity index (χ2n) is 7.66. The number of hydrogen-bond donors (Lipinski definition) is 1. The summed E-state index contributed by atoms with van der Waals surface area (Å²) in [4.78, 5) is 12.2. The Morgan fingerprint density at radius 2 is 1.68 bits per heavy atom. The molecule has 1 aromatic rings. The third kappa shape index (κ3) is 5.55. The molecule has 1 N–H and O–H groups in total. The Labute approximate surface area is 134 Å². The lowest BCUT2D eigenvalue weighted by molar-refractivity contribution is 0.0471. The van der Waals surface area contributed by atoms with E-state index in [1.54, 1.807) is 0 Å². The molecule has 0 radical (unpaired) electrons. The van der Waals surface area contributed by atoms with E-state index in [0.29, 0.717) is 0 Å². The van der Waals surface area contributed by atoms with Crippen LogP contribution >= 0.6 is 0 Å². The van der Waals surface area contributed by atoms with Crippen LogP contribution in [0.2, 0.25) is 0 Å². The van der Waals surface area contributed by atoms with Gasteiger partial charge >= 0.3 is 6.09 Å². The highest BCUT2D eigenvalue weighted by Crippen LogP contribution is 2.37. The quantitative estimate of drug-likeness (QED) is 0.786. The Hall–Kier alpha value is -1.77. The van der Waals surface area contributed by atoms with Crippen molar-refractivity contribution in [1.82, 2.24) is 5.32 Å². The molecule has 0 unspecified atom stereocenters. The van der Waals surface area contributed by atoms with Gasteiger partial charge in [-0.05, 0) is 31.7 Å². The molecule has 0 spiro atoms. The van der Waals surface area contributed by atoms with E-state index in [1.165, 1.54) is 0 Å². The van der Waals surface area contributed by atoms with Gasteiger partial charge in [-0.2, -0.15) is 0 Å². The number of amides is 1. The minimum atomic E-state index is -0.517. The van der Waals surface area contributed by atoms with Crippen molar-refractivity contribution in [3.63, 3.8) is 0 Å². The molecule has 0 bridgehead atoms. The maximum Gasteiger partial charge on any atom is 0.408 e. The fourth-order valence-electron chi connectivity index (χ4n) is 2.46. The molecule has 0 fully saturated rings. The average molecular weight is 303 g/mol. The summed E-state index contributed by atoms with van der Waals surface area (Å²) in [6, 6.07) is 9.78. The molecule has 0 saturated carbocycles. The second kappa shape index (κ2) is 6.99. The Kier molecular flexibility index (Phi) is 5.81. The normalized spacial score (nSPS) is 14.8. The van der Waals surface area contributed by atoms with Gasteiger partial charge in [-0.25, -0.2) is 4.79 Å². The van der Waals surface area contributed by atoms with Gasteiger partial charge in [0.15, 0.2) is 0 Å². The Morgan fingerprint density at radius 1 is 1.14 bits per heavy atom. The highest BCUT2D eigenvalue weighted by molar-refractivity contribution is 5.68.